The van der Waals surface area contributed by atoms with Gasteiger partial charge in [0.05, 0.1) is 0 Å². The third kappa shape index (κ3) is 0.737. The highest BCUT2D eigenvalue weighted by Gasteiger charge is 2.40. The lowest BCUT2D eigenvalue weighted by Crippen LogP contribution is -2.04. The first kappa shape index (κ1) is 6.58. The van der Waals surface area contributed by atoms with E-state index in [9.17, 15) is 9.59 Å². The molecule has 0 spiro atoms. The molecule has 3 heteroatoms. The van der Waals surface area contributed by atoms with E-state index in [-0.39, 0.29) is 11.7 Å². The van der Waals surface area contributed by atoms with Gasteiger partial charge >= 0.3 is 5.97 Å². The number of Topliss-reactive ketones (excluding diaryl/α,β-unsaturated/α-hetero) is 1. The summed E-state index contributed by atoms with van der Waals surface area (Å²) in [5.41, 5.74) is 0.953. The van der Waals surface area contributed by atoms with Crippen LogP contribution >= 0.6 is 0 Å². The number of ketones is 1. The van der Waals surface area contributed by atoms with Gasteiger partial charge in [0.15, 0.2) is 5.78 Å². The topological polar surface area (TPSA) is 54.4 Å². The van der Waals surface area contributed by atoms with Crippen LogP contribution in [-0.4, -0.2) is 16.9 Å². The number of aliphatic carboxylic acids is 1. The molecule has 1 unspecified atom stereocenters. The van der Waals surface area contributed by atoms with E-state index in [0.717, 1.165) is 6.42 Å². The third-order valence-electron chi connectivity index (χ3n) is 2.48. The standard InChI is InChI=1S/C8H8O3/c9-7-4-1-2-5(7)6(3-4)8(10)11/h4H,1-3H2,(H,10,11). The van der Waals surface area contributed by atoms with Gasteiger partial charge in [-0.15, -0.1) is 0 Å². The van der Waals surface area contributed by atoms with Crippen molar-refractivity contribution in [1.82, 2.24) is 0 Å². The van der Waals surface area contributed by atoms with E-state index in [1.807, 2.05) is 0 Å². The molecule has 0 saturated heterocycles. The Balaban J connectivity index is 2.43. The molecular weight excluding hydrogens is 144 g/mol. The predicted octanol–water partition coefficient (Wildman–Crippen LogP) is 0.750. The summed E-state index contributed by atoms with van der Waals surface area (Å²) in [6, 6.07) is 0. The summed E-state index contributed by atoms with van der Waals surface area (Å²) in [4.78, 5) is 21.7. The van der Waals surface area contributed by atoms with Crippen LogP contribution in [0.5, 0.6) is 0 Å². The van der Waals surface area contributed by atoms with Crippen molar-refractivity contribution in [3.63, 3.8) is 0 Å². The zero-order valence-corrected chi connectivity index (χ0v) is 5.96. The van der Waals surface area contributed by atoms with Crippen molar-refractivity contribution in [3.05, 3.63) is 11.1 Å². The Kier molecular flexibility index (Phi) is 1.16. The highest BCUT2D eigenvalue weighted by atomic mass is 16.4. The molecule has 2 bridgehead atoms. The first-order valence-electron chi connectivity index (χ1n) is 3.69. The van der Waals surface area contributed by atoms with Crippen molar-refractivity contribution in [2.24, 2.45) is 5.92 Å². The van der Waals surface area contributed by atoms with Gasteiger partial charge in [-0.3, -0.25) is 4.79 Å². The molecule has 0 aromatic rings. The van der Waals surface area contributed by atoms with E-state index in [0.29, 0.717) is 24.0 Å². The second kappa shape index (κ2) is 1.94. The maximum Gasteiger partial charge on any atom is 0.331 e. The van der Waals surface area contributed by atoms with Crippen LogP contribution in [0.4, 0.5) is 0 Å². The number of rotatable bonds is 1. The Morgan fingerprint density at radius 1 is 1.55 bits per heavy atom. The summed E-state index contributed by atoms with van der Waals surface area (Å²) in [7, 11) is 0. The zero-order chi connectivity index (χ0) is 8.01. The lowest BCUT2D eigenvalue weighted by molar-refractivity contribution is -0.132. The number of hydrogen-bond acceptors (Lipinski definition) is 2. The van der Waals surface area contributed by atoms with E-state index >= 15 is 0 Å². The Hall–Kier alpha value is -1.12. The minimum absolute atomic E-state index is 0.0103. The van der Waals surface area contributed by atoms with Gasteiger partial charge in [-0.25, -0.2) is 4.79 Å². The first-order chi connectivity index (χ1) is 5.20. The van der Waals surface area contributed by atoms with Crippen LogP contribution in [0.3, 0.4) is 0 Å². The number of carbonyl (C=O) groups excluding carboxylic acids is 1. The van der Waals surface area contributed by atoms with Gasteiger partial charge in [0, 0.05) is 17.1 Å². The highest BCUT2D eigenvalue weighted by Crippen LogP contribution is 2.41. The Morgan fingerprint density at radius 3 is 2.55 bits per heavy atom. The summed E-state index contributed by atoms with van der Waals surface area (Å²) in [6.07, 6.45) is 2.03. The lowest BCUT2D eigenvalue weighted by Gasteiger charge is -2.04. The lowest BCUT2D eigenvalue weighted by atomic mass is 9.99. The predicted molar refractivity (Wildman–Crippen MR) is 37.0 cm³/mol. The Bertz CT molecular complexity index is 275. The average Bonchev–Trinajstić information content (AvgIpc) is 2.46. The second-order valence-corrected chi connectivity index (χ2v) is 3.07. The van der Waals surface area contributed by atoms with Gasteiger partial charge in [-0.05, 0) is 19.3 Å². The van der Waals surface area contributed by atoms with Gasteiger partial charge < -0.3 is 5.11 Å². The Morgan fingerprint density at radius 2 is 2.27 bits per heavy atom. The van der Waals surface area contributed by atoms with Crippen LogP contribution in [0.15, 0.2) is 11.1 Å². The van der Waals surface area contributed by atoms with E-state index in [2.05, 4.69) is 0 Å². The molecule has 11 heavy (non-hydrogen) atoms. The molecular formula is C8H8O3. The quantitative estimate of drug-likeness (QED) is 0.603. The summed E-state index contributed by atoms with van der Waals surface area (Å²) in [5, 5.41) is 8.64. The van der Waals surface area contributed by atoms with Gasteiger partial charge in [-0.1, -0.05) is 0 Å². The molecule has 0 aliphatic heterocycles. The molecule has 58 valence electrons. The molecule has 0 radical (unpaired) electrons. The van der Waals surface area contributed by atoms with Crippen molar-refractivity contribution < 1.29 is 14.7 Å². The Labute approximate surface area is 63.7 Å². The number of hydrogen-bond donors (Lipinski definition) is 1. The molecule has 3 nitrogen and oxygen atoms in total. The molecule has 2 aliphatic rings. The van der Waals surface area contributed by atoms with E-state index < -0.39 is 5.97 Å². The molecule has 1 fully saturated rings. The highest BCUT2D eigenvalue weighted by molar-refractivity contribution is 6.09. The molecule has 0 aromatic carbocycles. The number of carboxylic acid groups (broad SMARTS) is 1. The maximum absolute atomic E-state index is 11.2. The van der Waals surface area contributed by atoms with E-state index in [1.165, 1.54) is 0 Å². The van der Waals surface area contributed by atoms with Gasteiger partial charge in [0.25, 0.3) is 0 Å². The largest absolute Gasteiger partial charge is 0.478 e. The van der Waals surface area contributed by atoms with Crippen molar-refractivity contribution in [2.45, 2.75) is 19.3 Å². The summed E-state index contributed by atoms with van der Waals surface area (Å²) >= 11 is 0. The first-order valence-corrected chi connectivity index (χ1v) is 3.69. The van der Waals surface area contributed by atoms with Gasteiger partial charge in [0.1, 0.15) is 0 Å². The molecule has 2 aliphatic carbocycles. The molecule has 1 saturated carbocycles. The van der Waals surface area contributed by atoms with Crippen LogP contribution in [0.25, 0.3) is 0 Å². The SMILES string of the molecule is O=C(O)C1=C2CCC(C1)C2=O. The van der Waals surface area contributed by atoms with Crippen molar-refractivity contribution >= 4 is 11.8 Å². The molecule has 1 N–H and O–H groups in total. The van der Waals surface area contributed by atoms with E-state index in [1.54, 1.807) is 0 Å². The minimum Gasteiger partial charge on any atom is -0.478 e. The van der Waals surface area contributed by atoms with Crippen molar-refractivity contribution in [1.29, 1.82) is 0 Å². The third-order valence-corrected chi connectivity index (χ3v) is 2.48. The molecule has 2 rings (SSSR count). The monoisotopic (exact) mass is 152 g/mol. The van der Waals surface area contributed by atoms with Crippen molar-refractivity contribution in [3.8, 4) is 0 Å². The molecule has 0 amide bonds. The smallest absolute Gasteiger partial charge is 0.331 e. The fourth-order valence-corrected chi connectivity index (χ4v) is 1.90. The van der Waals surface area contributed by atoms with Crippen LogP contribution < -0.4 is 0 Å². The zero-order valence-electron chi connectivity index (χ0n) is 5.96. The van der Waals surface area contributed by atoms with Crippen LogP contribution in [0.2, 0.25) is 0 Å². The maximum atomic E-state index is 11.2. The fraction of sp³-hybridized carbons (Fsp3) is 0.500. The summed E-state index contributed by atoms with van der Waals surface area (Å²) in [5.74, 6) is -0.811. The van der Waals surface area contributed by atoms with Crippen LogP contribution in [0.1, 0.15) is 19.3 Å². The van der Waals surface area contributed by atoms with Gasteiger partial charge in [0.2, 0.25) is 0 Å². The van der Waals surface area contributed by atoms with Crippen LogP contribution in [-0.2, 0) is 9.59 Å². The average molecular weight is 152 g/mol. The van der Waals surface area contributed by atoms with Crippen molar-refractivity contribution in [2.75, 3.05) is 0 Å². The number of carboxylic acids is 1. The fourth-order valence-electron chi connectivity index (χ4n) is 1.90. The minimum atomic E-state index is -0.907. The number of allylic oxidation sites excluding steroid dienone is 1. The summed E-state index contributed by atoms with van der Waals surface area (Å²) < 4.78 is 0. The number of carbonyl (C=O) groups is 2. The second-order valence-electron chi connectivity index (χ2n) is 3.07. The molecule has 1 atom stereocenters. The van der Waals surface area contributed by atoms with E-state index in [4.69, 9.17) is 5.11 Å². The number of fused-ring (bicyclic) bond motifs is 2. The summed E-state index contributed by atoms with van der Waals surface area (Å²) in [6.45, 7) is 0. The molecule has 0 aromatic heterocycles. The van der Waals surface area contributed by atoms with Gasteiger partial charge in [-0.2, -0.15) is 0 Å². The van der Waals surface area contributed by atoms with Crippen LogP contribution in [0, 0.1) is 5.92 Å². The molecule has 0 heterocycles. The normalized spacial score (nSPS) is 28.4.